The molecule has 118 valence electrons. The predicted octanol–water partition coefficient (Wildman–Crippen LogP) is 2.39. The number of hydrogen-bond acceptors (Lipinski definition) is 4. The van der Waals surface area contributed by atoms with Crippen LogP contribution in [0.2, 0.25) is 0 Å². The average molecular weight is 307 g/mol. The molecule has 1 saturated heterocycles. The number of likely N-dealkylation sites (N-methyl/N-ethyl adjacent to an activating group) is 1. The van der Waals surface area contributed by atoms with Crippen LogP contribution in [0.5, 0.6) is 0 Å². The minimum atomic E-state index is 0.918. The number of para-hydroxylation sites is 1. The van der Waals surface area contributed by atoms with E-state index in [4.69, 9.17) is 0 Å². The maximum Gasteiger partial charge on any atom is 0.151 e. The molecule has 0 bridgehead atoms. The number of benzene rings is 1. The third-order valence-electron chi connectivity index (χ3n) is 4.69. The highest BCUT2D eigenvalue weighted by atomic mass is 15.3. The molecule has 5 heteroatoms. The van der Waals surface area contributed by atoms with Crippen molar-refractivity contribution in [2.24, 2.45) is 7.05 Å². The van der Waals surface area contributed by atoms with E-state index in [2.05, 4.69) is 81.1 Å². The molecule has 1 aliphatic heterocycles. The topological polar surface area (TPSA) is 37.2 Å². The highest BCUT2D eigenvalue weighted by Gasteiger charge is 2.16. The number of piperazine rings is 1. The van der Waals surface area contributed by atoms with Crippen LogP contribution in [0.4, 0.5) is 5.82 Å². The van der Waals surface area contributed by atoms with Crippen molar-refractivity contribution in [3.8, 4) is 11.4 Å². The minimum Gasteiger partial charge on any atom is -0.353 e. The van der Waals surface area contributed by atoms with Gasteiger partial charge in [0, 0.05) is 44.1 Å². The fourth-order valence-electron chi connectivity index (χ4n) is 3.20. The van der Waals surface area contributed by atoms with Crippen LogP contribution >= 0.6 is 0 Å². The lowest BCUT2D eigenvalue weighted by Gasteiger charge is -2.32. The van der Waals surface area contributed by atoms with E-state index in [0.29, 0.717) is 0 Å². The third-order valence-corrected chi connectivity index (χ3v) is 4.69. The first-order valence-electron chi connectivity index (χ1n) is 8.04. The van der Waals surface area contributed by atoms with Gasteiger partial charge in [-0.3, -0.25) is 0 Å². The van der Waals surface area contributed by atoms with E-state index in [0.717, 1.165) is 43.4 Å². The Kier molecular flexibility index (Phi) is 3.50. The zero-order valence-electron chi connectivity index (χ0n) is 13.6. The van der Waals surface area contributed by atoms with E-state index in [1.54, 1.807) is 0 Å². The molecule has 1 aromatic carbocycles. The Morgan fingerprint density at radius 3 is 2.35 bits per heavy atom. The second-order valence-electron chi connectivity index (χ2n) is 6.21. The van der Waals surface area contributed by atoms with Gasteiger partial charge in [-0.15, -0.1) is 10.2 Å². The van der Waals surface area contributed by atoms with Crippen LogP contribution in [0.15, 0.2) is 42.5 Å². The minimum absolute atomic E-state index is 0.918. The first-order chi connectivity index (χ1) is 11.2. The van der Waals surface area contributed by atoms with E-state index in [1.807, 2.05) is 0 Å². The van der Waals surface area contributed by atoms with E-state index in [1.165, 1.54) is 10.9 Å². The third kappa shape index (κ3) is 2.57. The van der Waals surface area contributed by atoms with Gasteiger partial charge >= 0.3 is 0 Å². The molecule has 23 heavy (non-hydrogen) atoms. The second kappa shape index (κ2) is 5.66. The van der Waals surface area contributed by atoms with Gasteiger partial charge in [-0.05, 0) is 31.3 Å². The molecule has 0 saturated carbocycles. The lowest BCUT2D eigenvalue weighted by Crippen LogP contribution is -2.44. The number of aromatic nitrogens is 3. The lowest BCUT2D eigenvalue weighted by molar-refractivity contribution is 0.312. The van der Waals surface area contributed by atoms with Crippen molar-refractivity contribution in [1.82, 2.24) is 19.7 Å². The van der Waals surface area contributed by atoms with Crippen molar-refractivity contribution in [3.63, 3.8) is 0 Å². The van der Waals surface area contributed by atoms with Gasteiger partial charge in [0.2, 0.25) is 0 Å². The number of aryl methyl sites for hydroxylation is 1. The molecule has 3 heterocycles. The van der Waals surface area contributed by atoms with E-state index in [9.17, 15) is 0 Å². The van der Waals surface area contributed by atoms with Crippen LogP contribution in [0.25, 0.3) is 22.3 Å². The molecule has 0 radical (unpaired) electrons. The molecule has 3 aromatic rings. The van der Waals surface area contributed by atoms with Crippen molar-refractivity contribution in [1.29, 1.82) is 0 Å². The van der Waals surface area contributed by atoms with E-state index < -0.39 is 0 Å². The number of fused-ring (bicyclic) bond motifs is 1. The molecule has 2 aromatic heterocycles. The molecular weight excluding hydrogens is 286 g/mol. The molecule has 0 amide bonds. The van der Waals surface area contributed by atoms with Crippen molar-refractivity contribution < 1.29 is 0 Å². The molecule has 0 spiro atoms. The van der Waals surface area contributed by atoms with Gasteiger partial charge in [-0.1, -0.05) is 18.2 Å². The number of anilines is 1. The highest BCUT2D eigenvalue weighted by Crippen LogP contribution is 2.26. The Balaban J connectivity index is 1.63. The predicted molar refractivity (Wildman–Crippen MR) is 93.7 cm³/mol. The molecule has 0 unspecified atom stereocenters. The maximum atomic E-state index is 4.47. The van der Waals surface area contributed by atoms with E-state index in [-0.39, 0.29) is 0 Å². The average Bonchev–Trinajstić information content (AvgIpc) is 2.93. The van der Waals surface area contributed by atoms with Crippen LogP contribution in [-0.2, 0) is 7.05 Å². The Morgan fingerprint density at radius 1 is 0.870 bits per heavy atom. The Hall–Kier alpha value is -2.40. The van der Waals surface area contributed by atoms with Crippen molar-refractivity contribution in [3.05, 3.63) is 42.5 Å². The van der Waals surface area contributed by atoms with Crippen LogP contribution < -0.4 is 4.90 Å². The molecule has 5 nitrogen and oxygen atoms in total. The monoisotopic (exact) mass is 307 g/mol. The van der Waals surface area contributed by atoms with Gasteiger partial charge in [-0.25, -0.2) is 0 Å². The molecule has 0 atom stereocenters. The molecule has 1 aliphatic rings. The summed E-state index contributed by atoms with van der Waals surface area (Å²) < 4.78 is 2.18. The summed E-state index contributed by atoms with van der Waals surface area (Å²) in [6.45, 7) is 4.18. The summed E-state index contributed by atoms with van der Waals surface area (Å²) in [5.74, 6) is 0.973. The fraction of sp³-hybridized carbons (Fsp3) is 0.333. The lowest BCUT2D eigenvalue weighted by atomic mass is 10.2. The second-order valence-corrected chi connectivity index (χ2v) is 6.21. The normalized spacial score (nSPS) is 16.2. The number of rotatable bonds is 2. The van der Waals surface area contributed by atoms with Gasteiger partial charge < -0.3 is 14.4 Å². The Morgan fingerprint density at radius 2 is 1.65 bits per heavy atom. The number of hydrogen-bond donors (Lipinski definition) is 0. The van der Waals surface area contributed by atoms with Crippen LogP contribution in [0.1, 0.15) is 0 Å². The fourth-order valence-corrected chi connectivity index (χ4v) is 3.20. The van der Waals surface area contributed by atoms with Gasteiger partial charge in [0.1, 0.15) is 5.69 Å². The molecule has 4 rings (SSSR count). The first kappa shape index (κ1) is 14.2. The smallest absolute Gasteiger partial charge is 0.151 e. The van der Waals surface area contributed by atoms with Crippen LogP contribution in [0.3, 0.4) is 0 Å². The van der Waals surface area contributed by atoms with Gasteiger partial charge in [0.25, 0.3) is 0 Å². The summed E-state index contributed by atoms with van der Waals surface area (Å²) in [6, 6.07) is 14.7. The number of nitrogens with zero attached hydrogens (tertiary/aromatic N) is 5. The zero-order chi connectivity index (χ0) is 15.8. The zero-order valence-corrected chi connectivity index (χ0v) is 13.6. The van der Waals surface area contributed by atoms with Gasteiger partial charge in [0.15, 0.2) is 5.82 Å². The van der Waals surface area contributed by atoms with E-state index >= 15 is 0 Å². The van der Waals surface area contributed by atoms with Crippen LogP contribution in [-0.4, -0.2) is 52.9 Å². The summed E-state index contributed by atoms with van der Waals surface area (Å²) >= 11 is 0. The maximum absolute atomic E-state index is 4.47. The quantitative estimate of drug-likeness (QED) is 0.728. The SMILES string of the molecule is CN1CCN(c2ccc(-c3cc4ccccc4n3C)nn2)CC1. The molecular formula is C18H21N5. The summed E-state index contributed by atoms with van der Waals surface area (Å²) in [5.41, 5.74) is 3.23. The molecule has 1 fully saturated rings. The largest absolute Gasteiger partial charge is 0.353 e. The van der Waals surface area contributed by atoms with Gasteiger partial charge in [-0.2, -0.15) is 0 Å². The Labute approximate surface area is 136 Å². The van der Waals surface area contributed by atoms with Crippen molar-refractivity contribution in [2.45, 2.75) is 0 Å². The standard InChI is InChI=1S/C18H21N5/c1-21-9-11-23(12-10-21)18-8-7-15(19-20-18)17-13-14-5-3-4-6-16(14)22(17)2/h3-8,13H,9-12H2,1-2H3. The van der Waals surface area contributed by atoms with Gasteiger partial charge in [0.05, 0.1) is 5.69 Å². The summed E-state index contributed by atoms with van der Waals surface area (Å²) in [6.07, 6.45) is 0. The molecule has 0 N–H and O–H groups in total. The molecule has 0 aliphatic carbocycles. The van der Waals surface area contributed by atoms with Crippen molar-refractivity contribution >= 4 is 16.7 Å². The highest BCUT2D eigenvalue weighted by molar-refractivity contribution is 5.86. The first-order valence-corrected chi connectivity index (χ1v) is 8.04. The Bertz CT molecular complexity index is 813. The summed E-state index contributed by atoms with van der Waals surface area (Å²) in [5, 5.41) is 10.2. The summed E-state index contributed by atoms with van der Waals surface area (Å²) in [4.78, 5) is 4.64. The van der Waals surface area contributed by atoms with Crippen LogP contribution in [0, 0.1) is 0 Å². The van der Waals surface area contributed by atoms with Crippen molar-refractivity contribution in [2.75, 3.05) is 38.1 Å². The summed E-state index contributed by atoms with van der Waals surface area (Å²) in [7, 11) is 4.24.